The summed E-state index contributed by atoms with van der Waals surface area (Å²) in [6, 6.07) is 0.217. The Morgan fingerprint density at radius 2 is 2.27 bits per heavy atom. The number of ether oxygens (including phenoxy) is 1. The Balaban J connectivity index is 2.56. The minimum absolute atomic E-state index is 0.178. The zero-order valence-corrected chi connectivity index (χ0v) is 9.82. The monoisotopic (exact) mass is 215 g/mol. The van der Waals surface area contributed by atoms with E-state index in [4.69, 9.17) is 4.74 Å². The highest BCUT2D eigenvalue weighted by Gasteiger charge is 2.35. The molecule has 0 spiro atoms. The van der Waals surface area contributed by atoms with Crippen molar-refractivity contribution in [1.82, 2.24) is 4.90 Å². The van der Waals surface area contributed by atoms with Crippen molar-refractivity contribution in [2.75, 3.05) is 26.8 Å². The molecule has 1 unspecified atom stereocenters. The second kappa shape index (κ2) is 4.94. The smallest absolute Gasteiger partial charge is 0.312 e. The maximum Gasteiger partial charge on any atom is 0.312 e. The number of carbonyl (C=O) groups excluding carboxylic acids is 1. The molecule has 1 saturated heterocycles. The fourth-order valence-electron chi connectivity index (χ4n) is 2.16. The van der Waals surface area contributed by atoms with Crippen LogP contribution < -0.4 is 0 Å². The predicted octanol–water partition coefficient (Wildman–Crippen LogP) is 0.642. The van der Waals surface area contributed by atoms with Crippen LogP contribution in [0, 0.1) is 5.41 Å². The first-order valence-corrected chi connectivity index (χ1v) is 5.44. The highest BCUT2D eigenvalue weighted by Crippen LogP contribution is 2.25. The van der Waals surface area contributed by atoms with Crippen molar-refractivity contribution in [3.63, 3.8) is 0 Å². The SMILES string of the molecule is COC(=O)C(C)(C)CN1CCCC1CO. The summed E-state index contributed by atoms with van der Waals surface area (Å²) in [5.74, 6) is -0.189. The number of carbonyl (C=O) groups is 1. The molecule has 1 aliphatic rings. The molecule has 0 aliphatic carbocycles. The number of methoxy groups -OCH3 is 1. The van der Waals surface area contributed by atoms with E-state index in [0.717, 1.165) is 19.4 Å². The Morgan fingerprint density at radius 3 is 2.80 bits per heavy atom. The van der Waals surface area contributed by atoms with Gasteiger partial charge in [-0.3, -0.25) is 9.69 Å². The molecule has 1 atom stereocenters. The van der Waals surface area contributed by atoms with Crippen molar-refractivity contribution in [1.29, 1.82) is 0 Å². The molecule has 1 aliphatic heterocycles. The quantitative estimate of drug-likeness (QED) is 0.699. The van der Waals surface area contributed by atoms with Crippen molar-refractivity contribution in [2.45, 2.75) is 32.7 Å². The number of hydrogen-bond acceptors (Lipinski definition) is 4. The fraction of sp³-hybridized carbons (Fsp3) is 0.909. The lowest BCUT2D eigenvalue weighted by atomic mass is 9.92. The van der Waals surface area contributed by atoms with Crippen LogP contribution in [0.4, 0.5) is 0 Å². The molecule has 4 heteroatoms. The summed E-state index contributed by atoms with van der Waals surface area (Å²) in [4.78, 5) is 13.7. The van der Waals surface area contributed by atoms with Crippen molar-refractivity contribution in [2.24, 2.45) is 5.41 Å². The summed E-state index contributed by atoms with van der Waals surface area (Å²) in [6.07, 6.45) is 2.12. The van der Waals surface area contributed by atoms with Crippen LogP contribution in [0.25, 0.3) is 0 Å². The lowest BCUT2D eigenvalue weighted by Gasteiger charge is -2.31. The molecule has 1 heterocycles. The van der Waals surface area contributed by atoms with Crippen molar-refractivity contribution < 1.29 is 14.6 Å². The van der Waals surface area contributed by atoms with Gasteiger partial charge in [-0.2, -0.15) is 0 Å². The van der Waals surface area contributed by atoms with E-state index >= 15 is 0 Å². The summed E-state index contributed by atoms with van der Waals surface area (Å²) in [7, 11) is 1.41. The Bertz CT molecular complexity index is 228. The molecule has 0 amide bonds. The Kier molecular flexibility index (Phi) is 4.11. The van der Waals surface area contributed by atoms with Gasteiger partial charge in [0, 0.05) is 12.6 Å². The number of esters is 1. The van der Waals surface area contributed by atoms with Crippen molar-refractivity contribution in [3.05, 3.63) is 0 Å². The molecule has 0 bridgehead atoms. The van der Waals surface area contributed by atoms with Crippen LogP contribution in [-0.4, -0.2) is 48.8 Å². The largest absolute Gasteiger partial charge is 0.469 e. The number of aliphatic hydroxyl groups is 1. The van der Waals surface area contributed by atoms with E-state index in [2.05, 4.69) is 4.90 Å². The number of aliphatic hydroxyl groups excluding tert-OH is 1. The molecule has 0 saturated carbocycles. The van der Waals surface area contributed by atoms with Crippen LogP contribution in [-0.2, 0) is 9.53 Å². The zero-order valence-electron chi connectivity index (χ0n) is 9.82. The van der Waals surface area contributed by atoms with Crippen LogP contribution in [0.15, 0.2) is 0 Å². The average Bonchev–Trinajstić information content (AvgIpc) is 2.63. The topological polar surface area (TPSA) is 49.8 Å². The van der Waals surface area contributed by atoms with Gasteiger partial charge in [-0.15, -0.1) is 0 Å². The molecule has 0 aromatic rings. The summed E-state index contributed by atoms with van der Waals surface area (Å²) >= 11 is 0. The van der Waals surface area contributed by atoms with Gasteiger partial charge in [-0.1, -0.05) is 0 Å². The molecular weight excluding hydrogens is 194 g/mol. The molecule has 4 nitrogen and oxygen atoms in total. The van der Waals surface area contributed by atoms with E-state index in [1.54, 1.807) is 0 Å². The molecule has 88 valence electrons. The second-order valence-electron chi connectivity index (χ2n) is 4.82. The van der Waals surface area contributed by atoms with Crippen LogP contribution in [0.5, 0.6) is 0 Å². The number of nitrogens with zero attached hydrogens (tertiary/aromatic N) is 1. The maximum atomic E-state index is 11.5. The first-order valence-electron chi connectivity index (χ1n) is 5.44. The molecule has 0 aromatic heterocycles. The third-order valence-corrected chi connectivity index (χ3v) is 3.05. The van der Waals surface area contributed by atoms with Gasteiger partial charge < -0.3 is 9.84 Å². The Hall–Kier alpha value is -0.610. The third-order valence-electron chi connectivity index (χ3n) is 3.05. The standard InChI is InChI=1S/C11H21NO3/c1-11(2,10(14)15-3)8-12-6-4-5-9(12)7-13/h9,13H,4-8H2,1-3H3. The van der Waals surface area contributed by atoms with E-state index < -0.39 is 5.41 Å². The van der Waals surface area contributed by atoms with E-state index in [9.17, 15) is 9.90 Å². The minimum Gasteiger partial charge on any atom is -0.469 e. The van der Waals surface area contributed by atoms with Gasteiger partial charge in [0.1, 0.15) is 0 Å². The Morgan fingerprint density at radius 1 is 1.60 bits per heavy atom. The lowest BCUT2D eigenvalue weighted by molar-refractivity contribution is -0.152. The highest BCUT2D eigenvalue weighted by atomic mass is 16.5. The summed E-state index contributed by atoms with van der Waals surface area (Å²) in [6.45, 7) is 5.56. The summed E-state index contributed by atoms with van der Waals surface area (Å²) in [5, 5.41) is 9.17. The fourth-order valence-corrected chi connectivity index (χ4v) is 2.16. The van der Waals surface area contributed by atoms with Crippen LogP contribution in [0.3, 0.4) is 0 Å². The average molecular weight is 215 g/mol. The molecule has 0 radical (unpaired) electrons. The Labute approximate surface area is 91.2 Å². The van der Waals surface area contributed by atoms with Gasteiger partial charge in [-0.25, -0.2) is 0 Å². The maximum absolute atomic E-state index is 11.5. The van der Waals surface area contributed by atoms with Crippen molar-refractivity contribution >= 4 is 5.97 Å². The first-order chi connectivity index (χ1) is 7.01. The molecule has 0 aromatic carbocycles. The van der Waals surface area contributed by atoms with Gasteiger partial charge >= 0.3 is 5.97 Å². The van der Waals surface area contributed by atoms with Crippen LogP contribution >= 0.6 is 0 Å². The van der Waals surface area contributed by atoms with Gasteiger partial charge in [-0.05, 0) is 33.2 Å². The molecular formula is C11H21NO3. The number of likely N-dealkylation sites (tertiary alicyclic amines) is 1. The van der Waals surface area contributed by atoms with Crippen LogP contribution in [0.2, 0.25) is 0 Å². The third kappa shape index (κ3) is 2.92. The predicted molar refractivity (Wildman–Crippen MR) is 57.5 cm³/mol. The summed E-state index contributed by atoms with van der Waals surface area (Å²) < 4.78 is 4.77. The van der Waals surface area contributed by atoms with E-state index in [-0.39, 0.29) is 18.6 Å². The van der Waals surface area contributed by atoms with E-state index in [1.165, 1.54) is 7.11 Å². The normalized spacial score (nSPS) is 23.1. The first kappa shape index (κ1) is 12.5. The summed E-state index contributed by atoms with van der Waals surface area (Å²) in [5.41, 5.74) is -0.494. The number of rotatable bonds is 4. The van der Waals surface area contributed by atoms with Gasteiger partial charge in [0.15, 0.2) is 0 Å². The van der Waals surface area contributed by atoms with E-state index in [0.29, 0.717) is 6.54 Å². The molecule has 1 fully saturated rings. The molecule has 1 N–H and O–H groups in total. The van der Waals surface area contributed by atoms with Crippen LogP contribution in [0.1, 0.15) is 26.7 Å². The number of hydrogen-bond donors (Lipinski definition) is 1. The molecule has 15 heavy (non-hydrogen) atoms. The highest BCUT2D eigenvalue weighted by molar-refractivity contribution is 5.76. The van der Waals surface area contributed by atoms with Gasteiger partial charge in [0.25, 0.3) is 0 Å². The van der Waals surface area contributed by atoms with Crippen molar-refractivity contribution in [3.8, 4) is 0 Å². The second-order valence-corrected chi connectivity index (χ2v) is 4.82. The van der Waals surface area contributed by atoms with Gasteiger partial charge in [0.05, 0.1) is 19.1 Å². The molecule has 1 rings (SSSR count). The zero-order chi connectivity index (χ0) is 11.5. The lowest BCUT2D eigenvalue weighted by Crippen LogP contribution is -2.43. The van der Waals surface area contributed by atoms with Gasteiger partial charge in [0.2, 0.25) is 0 Å². The minimum atomic E-state index is -0.494. The van der Waals surface area contributed by atoms with E-state index in [1.807, 2.05) is 13.8 Å².